The molecule has 0 radical (unpaired) electrons. The molecular weight excluding hydrogens is 329 g/mol. The fourth-order valence-electron chi connectivity index (χ4n) is 2.98. The first-order valence-corrected chi connectivity index (χ1v) is 8.74. The van der Waals surface area contributed by atoms with Gasteiger partial charge < -0.3 is 14.4 Å². The van der Waals surface area contributed by atoms with E-state index in [2.05, 4.69) is 0 Å². The number of carbonyl (C=O) groups excluding carboxylic acids is 1. The minimum absolute atomic E-state index is 0.0355. The molecule has 6 heteroatoms. The molecule has 1 amide bonds. The van der Waals surface area contributed by atoms with Crippen molar-refractivity contribution >= 4 is 17.2 Å². The summed E-state index contributed by atoms with van der Waals surface area (Å²) >= 11 is 1.38. The van der Waals surface area contributed by atoms with Crippen LogP contribution in [0.15, 0.2) is 35.7 Å². The van der Waals surface area contributed by atoms with Crippen LogP contribution >= 0.6 is 11.3 Å². The van der Waals surface area contributed by atoms with Crippen molar-refractivity contribution in [3.05, 3.63) is 52.0 Å². The van der Waals surface area contributed by atoms with Crippen molar-refractivity contribution in [3.63, 3.8) is 0 Å². The highest BCUT2D eigenvalue weighted by Crippen LogP contribution is 2.32. The Hall–Kier alpha value is -1.92. The summed E-state index contributed by atoms with van der Waals surface area (Å²) in [4.78, 5) is 15.1. The SMILES string of the molecule is COc1ccsc1C(=O)N(C)[C@@H]1CCO[C@@H](c2ccc(F)cc2)C1. The highest BCUT2D eigenvalue weighted by molar-refractivity contribution is 7.12. The summed E-state index contributed by atoms with van der Waals surface area (Å²) in [6, 6.07) is 8.24. The lowest BCUT2D eigenvalue weighted by Gasteiger charge is -2.35. The van der Waals surface area contributed by atoms with Crippen LogP contribution in [0.3, 0.4) is 0 Å². The second-order valence-electron chi connectivity index (χ2n) is 5.82. The van der Waals surface area contributed by atoms with Gasteiger partial charge in [0.05, 0.1) is 13.2 Å². The average Bonchev–Trinajstić information content (AvgIpc) is 3.10. The molecule has 2 atom stereocenters. The first-order chi connectivity index (χ1) is 11.6. The Morgan fingerprint density at radius 3 is 2.79 bits per heavy atom. The molecule has 0 unspecified atom stereocenters. The number of amides is 1. The van der Waals surface area contributed by atoms with E-state index in [9.17, 15) is 9.18 Å². The van der Waals surface area contributed by atoms with Gasteiger partial charge in [0, 0.05) is 19.7 Å². The maximum atomic E-state index is 13.1. The summed E-state index contributed by atoms with van der Waals surface area (Å²) < 4.78 is 24.2. The van der Waals surface area contributed by atoms with Gasteiger partial charge in [0.15, 0.2) is 0 Å². The van der Waals surface area contributed by atoms with Crippen LogP contribution in [0.25, 0.3) is 0 Å². The summed E-state index contributed by atoms with van der Waals surface area (Å²) in [5.74, 6) is 0.314. The molecule has 2 heterocycles. The predicted molar refractivity (Wildman–Crippen MR) is 91.1 cm³/mol. The van der Waals surface area contributed by atoms with Crippen molar-refractivity contribution in [2.75, 3.05) is 20.8 Å². The lowest BCUT2D eigenvalue weighted by atomic mass is 9.96. The van der Waals surface area contributed by atoms with Gasteiger partial charge in [-0.25, -0.2) is 4.39 Å². The third kappa shape index (κ3) is 3.44. The standard InChI is InChI=1S/C18H20FNO3S/c1-20(18(21)17-15(22-2)8-10-24-17)14-7-9-23-16(11-14)12-3-5-13(19)6-4-12/h3-6,8,10,14,16H,7,9,11H2,1-2H3/t14-,16-/m1/s1. The van der Waals surface area contributed by atoms with Crippen molar-refractivity contribution in [1.82, 2.24) is 4.90 Å². The molecule has 24 heavy (non-hydrogen) atoms. The Balaban J connectivity index is 1.72. The zero-order chi connectivity index (χ0) is 17.1. The zero-order valence-corrected chi connectivity index (χ0v) is 14.5. The van der Waals surface area contributed by atoms with E-state index in [1.54, 1.807) is 30.2 Å². The summed E-state index contributed by atoms with van der Waals surface area (Å²) in [5.41, 5.74) is 0.940. The molecule has 1 fully saturated rings. The Morgan fingerprint density at radius 1 is 1.33 bits per heavy atom. The van der Waals surface area contributed by atoms with Crippen LogP contribution in [0.4, 0.5) is 4.39 Å². The van der Waals surface area contributed by atoms with Crippen LogP contribution in [-0.2, 0) is 4.74 Å². The molecule has 3 rings (SSSR count). The summed E-state index contributed by atoms with van der Waals surface area (Å²) in [6.07, 6.45) is 1.36. The molecule has 1 aliphatic rings. The first-order valence-electron chi connectivity index (χ1n) is 7.86. The van der Waals surface area contributed by atoms with Gasteiger partial charge >= 0.3 is 0 Å². The van der Waals surface area contributed by atoms with Crippen LogP contribution in [0.1, 0.15) is 34.2 Å². The number of thiophene rings is 1. The second kappa shape index (κ2) is 7.32. The molecule has 2 aromatic rings. The van der Waals surface area contributed by atoms with Crippen molar-refractivity contribution in [3.8, 4) is 5.75 Å². The Morgan fingerprint density at radius 2 is 2.08 bits per heavy atom. The van der Waals surface area contributed by atoms with Gasteiger partial charge in [-0.3, -0.25) is 4.79 Å². The molecule has 0 spiro atoms. The Bertz CT molecular complexity index is 701. The number of benzene rings is 1. The lowest BCUT2D eigenvalue weighted by molar-refractivity contribution is -0.0197. The molecule has 1 aliphatic heterocycles. The van der Waals surface area contributed by atoms with Gasteiger partial charge in [0.25, 0.3) is 5.91 Å². The summed E-state index contributed by atoms with van der Waals surface area (Å²) in [7, 11) is 3.39. The van der Waals surface area contributed by atoms with Crippen molar-refractivity contribution in [2.45, 2.75) is 25.0 Å². The van der Waals surface area contributed by atoms with E-state index >= 15 is 0 Å². The number of hydrogen-bond donors (Lipinski definition) is 0. The third-order valence-corrected chi connectivity index (χ3v) is 5.29. The maximum absolute atomic E-state index is 13.1. The molecule has 4 nitrogen and oxygen atoms in total. The van der Waals surface area contributed by atoms with E-state index in [0.29, 0.717) is 23.7 Å². The van der Waals surface area contributed by atoms with E-state index < -0.39 is 0 Å². The molecule has 0 aliphatic carbocycles. The number of ether oxygens (including phenoxy) is 2. The topological polar surface area (TPSA) is 38.8 Å². The molecule has 0 bridgehead atoms. The fraction of sp³-hybridized carbons (Fsp3) is 0.389. The van der Waals surface area contributed by atoms with Gasteiger partial charge in [0.1, 0.15) is 16.4 Å². The number of carbonyl (C=O) groups is 1. The Labute approximate surface area is 144 Å². The van der Waals surface area contributed by atoms with E-state index in [4.69, 9.17) is 9.47 Å². The minimum atomic E-state index is -0.261. The molecule has 1 aromatic carbocycles. The Kier molecular flexibility index (Phi) is 5.16. The van der Waals surface area contributed by atoms with Crippen LogP contribution in [0.2, 0.25) is 0 Å². The molecular formula is C18H20FNO3S. The van der Waals surface area contributed by atoms with E-state index in [1.807, 2.05) is 12.4 Å². The monoisotopic (exact) mass is 349 g/mol. The number of nitrogens with zero attached hydrogens (tertiary/aromatic N) is 1. The van der Waals surface area contributed by atoms with Gasteiger partial charge in [-0.2, -0.15) is 0 Å². The van der Waals surface area contributed by atoms with Crippen molar-refractivity contribution < 1.29 is 18.7 Å². The predicted octanol–water partition coefficient (Wildman–Crippen LogP) is 3.89. The molecule has 0 N–H and O–H groups in total. The highest BCUT2D eigenvalue weighted by Gasteiger charge is 2.30. The molecule has 128 valence electrons. The van der Waals surface area contributed by atoms with Crippen molar-refractivity contribution in [1.29, 1.82) is 0 Å². The van der Waals surface area contributed by atoms with Gasteiger partial charge in [-0.15, -0.1) is 11.3 Å². The van der Waals surface area contributed by atoms with Gasteiger partial charge in [-0.1, -0.05) is 12.1 Å². The number of rotatable bonds is 4. The van der Waals surface area contributed by atoms with Gasteiger partial charge in [0.2, 0.25) is 0 Å². The molecule has 0 saturated carbocycles. The third-order valence-electron chi connectivity index (χ3n) is 4.41. The number of hydrogen-bond acceptors (Lipinski definition) is 4. The smallest absolute Gasteiger partial charge is 0.267 e. The quantitative estimate of drug-likeness (QED) is 0.841. The maximum Gasteiger partial charge on any atom is 0.267 e. The summed E-state index contributed by atoms with van der Waals surface area (Å²) in [5, 5.41) is 1.85. The van der Waals surface area contributed by atoms with Crippen LogP contribution < -0.4 is 4.74 Å². The number of methoxy groups -OCH3 is 1. The van der Waals surface area contributed by atoms with Gasteiger partial charge in [-0.05, 0) is 42.0 Å². The van der Waals surface area contributed by atoms with Crippen LogP contribution in [0, 0.1) is 5.82 Å². The van der Waals surface area contributed by atoms with E-state index in [0.717, 1.165) is 12.0 Å². The molecule has 1 saturated heterocycles. The normalized spacial score (nSPS) is 20.6. The van der Waals surface area contributed by atoms with Crippen molar-refractivity contribution in [2.24, 2.45) is 0 Å². The van der Waals surface area contributed by atoms with Crippen LogP contribution in [0.5, 0.6) is 5.75 Å². The largest absolute Gasteiger partial charge is 0.495 e. The fourth-order valence-corrected chi connectivity index (χ4v) is 3.82. The lowest BCUT2D eigenvalue weighted by Crippen LogP contribution is -2.41. The number of halogens is 1. The summed E-state index contributed by atoms with van der Waals surface area (Å²) in [6.45, 7) is 0.575. The first kappa shape index (κ1) is 16.9. The molecule has 1 aromatic heterocycles. The van der Waals surface area contributed by atoms with E-state index in [-0.39, 0.29) is 23.9 Å². The minimum Gasteiger partial charge on any atom is -0.495 e. The second-order valence-corrected chi connectivity index (χ2v) is 6.74. The van der Waals surface area contributed by atoms with E-state index in [1.165, 1.54) is 23.5 Å². The van der Waals surface area contributed by atoms with Crippen LogP contribution in [-0.4, -0.2) is 37.6 Å². The highest BCUT2D eigenvalue weighted by atomic mass is 32.1. The zero-order valence-electron chi connectivity index (χ0n) is 13.7. The average molecular weight is 349 g/mol.